The maximum Gasteiger partial charge on any atom is 0.0955 e. The first kappa shape index (κ1) is 8.53. The third kappa shape index (κ3) is 0.975. The first-order valence-electron chi connectivity index (χ1n) is 5.04. The quantitative estimate of drug-likeness (QED) is 0.545. The Hall–Kier alpha value is -1.77. The fourth-order valence-corrected chi connectivity index (χ4v) is 2.42. The van der Waals surface area contributed by atoms with Crippen molar-refractivity contribution in [3.05, 3.63) is 30.2 Å². The highest BCUT2D eigenvalue weighted by Crippen LogP contribution is 2.26. The van der Waals surface area contributed by atoms with Crippen molar-refractivity contribution in [1.29, 1.82) is 0 Å². The molecule has 0 aliphatic heterocycles. The van der Waals surface area contributed by atoms with Crippen molar-refractivity contribution in [1.82, 2.24) is 14.1 Å². The molecule has 2 heterocycles. The Morgan fingerprint density at radius 1 is 1.13 bits per heavy atom. The van der Waals surface area contributed by atoms with E-state index in [0.717, 1.165) is 5.52 Å². The van der Waals surface area contributed by atoms with E-state index in [2.05, 4.69) is 46.4 Å². The van der Waals surface area contributed by atoms with Gasteiger partial charge in [-0.05, 0) is 24.6 Å². The summed E-state index contributed by atoms with van der Waals surface area (Å²) >= 11 is 0. The van der Waals surface area contributed by atoms with Crippen molar-refractivity contribution in [2.45, 2.75) is 6.92 Å². The van der Waals surface area contributed by atoms with E-state index in [0.29, 0.717) is 0 Å². The Morgan fingerprint density at radius 2 is 1.93 bits per heavy atom. The number of aryl methyl sites for hydroxylation is 3. The average molecular weight is 199 g/mol. The van der Waals surface area contributed by atoms with Gasteiger partial charge in [0.05, 0.1) is 22.9 Å². The predicted octanol–water partition coefficient (Wildman–Crippen LogP) is 2.37. The van der Waals surface area contributed by atoms with Crippen LogP contribution < -0.4 is 0 Å². The fourth-order valence-electron chi connectivity index (χ4n) is 2.42. The van der Waals surface area contributed by atoms with Crippen LogP contribution in [0.1, 0.15) is 5.56 Å². The molecule has 0 aliphatic carbocycles. The van der Waals surface area contributed by atoms with Gasteiger partial charge in [-0.25, -0.2) is 4.98 Å². The summed E-state index contributed by atoms with van der Waals surface area (Å²) in [6.45, 7) is 2.16. The average Bonchev–Trinajstić information content (AvgIpc) is 2.73. The second kappa shape index (κ2) is 2.63. The molecule has 15 heavy (non-hydrogen) atoms. The maximum absolute atomic E-state index is 4.39. The van der Waals surface area contributed by atoms with Crippen LogP contribution in [0, 0.1) is 6.92 Å². The largest absolute Gasteiger partial charge is 0.350 e. The van der Waals surface area contributed by atoms with Crippen LogP contribution in [0.5, 0.6) is 0 Å². The molecule has 0 aliphatic rings. The Labute approximate surface area is 87.9 Å². The van der Waals surface area contributed by atoms with Gasteiger partial charge in [0.2, 0.25) is 0 Å². The van der Waals surface area contributed by atoms with Gasteiger partial charge in [0.25, 0.3) is 0 Å². The van der Waals surface area contributed by atoms with Gasteiger partial charge in [0, 0.05) is 25.7 Å². The number of fused-ring (bicyclic) bond motifs is 2. The molecule has 2 aromatic heterocycles. The lowest BCUT2D eigenvalue weighted by molar-refractivity contribution is 0.937. The van der Waals surface area contributed by atoms with Crippen LogP contribution in [-0.2, 0) is 14.1 Å². The molecular weight excluding hydrogens is 186 g/mol. The van der Waals surface area contributed by atoms with Crippen LogP contribution in [0.2, 0.25) is 0 Å². The van der Waals surface area contributed by atoms with Crippen LogP contribution in [0.25, 0.3) is 21.9 Å². The van der Waals surface area contributed by atoms with Gasteiger partial charge >= 0.3 is 0 Å². The Kier molecular flexibility index (Phi) is 1.49. The summed E-state index contributed by atoms with van der Waals surface area (Å²) in [4.78, 5) is 4.39. The first-order valence-corrected chi connectivity index (χ1v) is 5.04. The van der Waals surface area contributed by atoms with Crippen molar-refractivity contribution in [3.8, 4) is 0 Å². The Balaban J connectivity index is 2.65. The zero-order chi connectivity index (χ0) is 10.6. The molecule has 0 fully saturated rings. The predicted molar refractivity (Wildman–Crippen MR) is 61.9 cm³/mol. The minimum absolute atomic E-state index is 1.08. The van der Waals surface area contributed by atoms with E-state index < -0.39 is 0 Å². The van der Waals surface area contributed by atoms with Gasteiger partial charge in [-0.1, -0.05) is 0 Å². The molecule has 0 atom stereocenters. The molecule has 1 aromatic carbocycles. The number of nitrogens with zero attached hydrogens (tertiary/aromatic N) is 3. The highest BCUT2D eigenvalue weighted by Gasteiger charge is 2.09. The summed E-state index contributed by atoms with van der Waals surface area (Å²) in [5, 5.41) is 1.27. The smallest absolute Gasteiger partial charge is 0.0955 e. The van der Waals surface area contributed by atoms with Crippen LogP contribution in [-0.4, -0.2) is 14.1 Å². The Bertz CT molecular complexity index is 603. The molecule has 3 heteroatoms. The number of rotatable bonds is 0. The fraction of sp³-hybridized carbons (Fsp3) is 0.250. The zero-order valence-electron chi connectivity index (χ0n) is 9.15. The van der Waals surface area contributed by atoms with E-state index in [9.17, 15) is 0 Å². The number of imidazole rings is 1. The standard InChI is InChI=1S/C12H13N3/c1-8-11-9(4-5-14(11)2)6-10-12(8)15(3)7-13-10/h4-7H,1-3H3. The molecule has 0 spiro atoms. The number of aromatic nitrogens is 3. The molecule has 76 valence electrons. The van der Waals surface area contributed by atoms with Gasteiger partial charge in [-0.3, -0.25) is 0 Å². The molecular formula is C12H13N3. The van der Waals surface area contributed by atoms with E-state index in [1.165, 1.54) is 22.0 Å². The second-order valence-electron chi connectivity index (χ2n) is 4.09. The Morgan fingerprint density at radius 3 is 2.73 bits per heavy atom. The van der Waals surface area contributed by atoms with Crippen molar-refractivity contribution in [2.75, 3.05) is 0 Å². The van der Waals surface area contributed by atoms with Crippen molar-refractivity contribution >= 4 is 21.9 Å². The third-order valence-corrected chi connectivity index (χ3v) is 3.07. The van der Waals surface area contributed by atoms with Gasteiger partial charge in [-0.15, -0.1) is 0 Å². The molecule has 3 rings (SSSR count). The third-order valence-electron chi connectivity index (χ3n) is 3.07. The van der Waals surface area contributed by atoms with Crippen molar-refractivity contribution in [3.63, 3.8) is 0 Å². The minimum Gasteiger partial charge on any atom is -0.350 e. The summed E-state index contributed by atoms with van der Waals surface area (Å²) < 4.78 is 4.24. The molecule has 0 amide bonds. The lowest BCUT2D eigenvalue weighted by atomic mass is 10.1. The summed E-state index contributed by atoms with van der Waals surface area (Å²) in [6.07, 6.45) is 3.97. The number of hydrogen-bond donors (Lipinski definition) is 0. The van der Waals surface area contributed by atoms with E-state index in [4.69, 9.17) is 0 Å². The molecule has 0 radical (unpaired) electrons. The van der Waals surface area contributed by atoms with Crippen LogP contribution >= 0.6 is 0 Å². The minimum atomic E-state index is 1.08. The zero-order valence-corrected chi connectivity index (χ0v) is 9.15. The van der Waals surface area contributed by atoms with Gasteiger partial charge in [0.1, 0.15) is 0 Å². The molecule has 0 saturated heterocycles. The van der Waals surface area contributed by atoms with Gasteiger partial charge in [0.15, 0.2) is 0 Å². The molecule has 0 saturated carbocycles. The summed E-state index contributed by atoms with van der Waals surface area (Å²) in [6, 6.07) is 4.29. The molecule has 0 unspecified atom stereocenters. The lowest BCUT2D eigenvalue weighted by Crippen LogP contribution is -1.92. The molecule has 3 aromatic rings. The van der Waals surface area contributed by atoms with Crippen LogP contribution in [0.3, 0.4) is 0 Å². The molecule has 0 N–H and O–H groups in total. The maximum atomic E-state index is 4.39. The van der Waals surface area contributed by atoms with Crippen LogP contribution in [0.4, 0.5) is 0 Å². The number of benzene rings is 1. The highest BCUT2D eigenvalue weighted by atomic mass is 15.0. The van der Waals surface area contributed by atoms with Crippen LogP contribution in [0.15, 0.2) is 24.7 Å². The second-order valence-corrected chi connectivity index (χ2v) is 4.09. The number of hydrogen-bond acceptors (Lipinski definition) is 1. The van der Waals surface area contributed by atoms with E-state index in [1.54, 1.807) is 0 Å². The van der Waals surface area contributed by atoms with Crippen molar-refractivity contribution < 1.29 is 0 Å². The lowest BCUT2D eigenvalue weighted by Gasteiger charge is -2.04. The molecule has 3 nitrogen and oxygen atoms in total. The van der Waals surface area contributed by atoms with E-state index in [-0.39, 0.29) is 0 Å². The normalized spacial score (nSPS) is 11.7. The highest BCUT2D eigenvalue weighted by molar-refractivity contribution is 5.97. The summed E-state index contributed by atoms with van der Waals surface area (Å²) in [5.74, 6) is 0. The van der Waals surface area contributed by atoms with Crippen molar-refractivity contribution in [2.24, 2.45) is 14.1 Å². The monoisotopic (exact) mass is 199 g/mol. The summed E-state index contributed by atoms with van der Waals surface area (Å²) in [5.41, 5.74) is 4.90. The first-order chi connectivity index (χ1) is 7.18. The van der Waals surface area contributed by atoms with Gasteiger partial charge in [-0.2, -0.15) is 0 Å². The van der Waals surface area contributed by atoms with E-state index >= 15 is 0 Å². The summed E-state index contributed by atoms with van der Waals surface area (Å²) in [7, 11) is 4.12. The van der Waals surface area contributed by atoms with Gasteiger partial charge < -0.3 is 9.13 Å². The molecule has 0 bridgehead atoms. The van der Waals surface area contributed by atoms with E-state index in [1.807, 2.05) is 13.4 Å². The SMILES string of the molecule is Cc1c2c(ccn2C)cc2ncn(C)c12. The topological polar surface area (TPSA) is 22.8 Å².